The average molecular weight is 303 g/mol. The van der Waals surface area contributed by atoms with Crippen molar-refractivity contribution >= 4 is 33.2 Å². The fourth-order valence-corrected chi connectivity index (χ4v) is 3.96. The molecule has 1 amide bonds. The van der Waals surface area contributed by atoms with Gasteiger partial charge in [0.25, 0.3) is 5.91 Å². The second-order valence-corrected chi connectivity index (χ2v) is 6.68. The minimum Gasteiger partial charge on any atom is -0.322 e. The van der Waals surface area contributed by atoms with Crippen molar-refractivity contribution in [3.05, 3.63) is 60.2 Å². The summed E-state index contributed by atoms with van der Waals surface area (Å²) in [5.74, 6) is 1.02. The van der Waals surface area contributed by atoms with E-state index in [0.717, 1.165) is 28.3 Å². The average Bonchev–Trinajstić information content (AvgIpc) is 2.49. The minimum atomic E-state index is -0.0589. The summed E-state index contributed by atoms with van der Waals surface area (Å²) in [5.41, 5.74) is 1.54. The molecule has 4 heteroatoms. The first kappa shape index (κ1) is 15.0. The van der Waals surface area contributed by atoms with Gasteiger partial charge in [-0.15, -0.1) is 0 Å². The summed E-state index contributed by atoms with van der Waals surface area (Å²) in [6.07, 6.45) is 1.13. The molecular formula is C16H17NOS2. The number of benzene rings is 2. The number of hydrogen-bond donors (Lipinski definition) is 1. The highest BCUT2D eigenvalue weighted by atomic mass is 33.1. The third-order valence-corrected chi connectivity index (χ3v) is 5.22. The first-order chi connectivity index (χ1) is 9.81. The maximum Gasteiger partial charge on any atom is 0.256 e. The largest absolute Gasteiger partial charge is 0.322 e. The van der Waals surface area contributed by atoms with Crippen LogP contribution in [0.15, 0.2) is 59.5 Å². The van der Waals surface area contributed by atoms with E-state index in [2.05, 4.69) is 12.2 Å². The molecule has 0 fully saturated rings. The van der Waals surface area contributed by atoms with Crippen LogP contribution in [0.2, 0.25) is 0 Å². The highest BCUT2D eigenvalue weighted by molar-refractivity contribution is 8.76. The summed E-state index contributed by atoms with van der Waals surface area (Å²) >= 11 is 0. The van der Waals surface area contributed by atoms with Gasteiger partial charge in [0, 0.05) is 16.3 Å². The molecule has 2 aromatic carbocycles. The van der Waals surface area contributed by atoms with Gasteiger partial charge >= 0.3 is 0 Å². The van der Waals surface area contributed by atoms with Gasteiger partial charge in [0.15, 0.2) is 0 Å². The summed E-state index contributed by atoms with van der Waals surface area (Å²) in [6.45, 7) is 2.15. The van der Waals surface area contributed by atoms with Gasteiger partial charge in [-0.1, -0.05) is 58.8 Å². The number of carbonyl (C=O) groups is 1. The lowest BCUT2D eigenvalue weighted by Gasteiger charge is -2.09. The van der Waals surface area contributed by atoms with Crippen molar-refractivity contribution in [1.82, 2.24) is 0 Å². The maximum absolute atomic E-state index is 12.3. The van der Waals surface area contributed by atoms with E-state index in [4.69, 9.17) is 0 Å². The van der Waals surface area contributed by atoms with E-state index in [1.807, 2.05) is 54.6 Å². The number of nitrogens with one attached hydrogen (secondary N) is 1. The predicted molar refractivity (Wildman–Crippen MR) is 89.4 cm³/mol. The molecule has 0 saturated carbocycles. The molecule has 0 aliphatic carbocycles. The molecule has 0 heterocycles. The summed E-state index contributed by atoms with van der Waals surface area (Å²) in [7, 11) is 3.45. The van der Waals surface area contributed by atoms with Crippen molar-refractivity contribution in [3.63, 3.8) is 0 Å². The Labute approximate surface area is 127 Å². The van der Waals surface area contributed by atoms with E-state index in [1.165, 1.54) is 0 Å². The first-order valence-corrected chi connectivity index (χ1v) is 8.88. The SMILES string of the molecule is CCCSSc1ccccc1C(=O)Nc1ccccc1. The summed E-state index contributed by atoms with van der Waals surface area (Å²) in [6, 6.07) is 17.3. The van der Waals surface area contributed by atoms with E-state index in [0.29, 0.717) is 0 Å². The minimum absolute atomic E-state index is 0.0589. The molecule has 0 unspecified atom stereocenters. The number of carbonyl (C=O) groups excluding carboxylic acids is 1. The van der Waals surface area contributed by atoms with Gasteiger partial charge in [0.2, 0.25) is 0 Å². The highest BCUT2D eigenvalue weighted by Crippen LogP contribution is 2.34. The Balaban J connectivity index is 2.09. The molecule has 2 nitrogen and oxygen atoms in total. The number of hydrogen-bond acceptors (Lipinski definition) is 3. The Kier molecular flexibility index (Phi) is 6.02. The van der Waals surface area contributed by atoms with Crippen LogP contribution in [0.3, 0.4) is 0 Å². The molecule has 0 aliphatic heterocycles. The molecule has 0 saturated heterocycles. The van der Waals surface area contributed by atoms with Crippen LogP contribution in [0.4, 0.5) is 5.69 Å². The van der Waals surface area contributed by atoms with E-state index in [-0.39, 0.29) is 5.91 Å². The van der Waals surface area contributed by atoms with Gasteiger partial charge < -0.3 is 5.32 Å². The highest BCUT2D eigenvalue weighted by Gasteiger charge is 2.11. The zero-order valence-corrected chi connectivity index (χ0v) is 13.0. The monoisotopic (exact) mass is 303 g/mol. The molecular weight excluding hydrogens is 286 g/mol. The Morgan fingerprint density at radius 2 is 1.75 bits per heavy atom. The molecule has 0 atom stereocenters. The standard InChI is InChI=1S/C16H17NOS2/c1-2-12-19-20-15-11-7-6-10-14(15)16(18)17-13-8-4-3-5-9-13/h3-11H,2,12H2,1H3,(H,17,18). The zero-order valence-electron chi connectivity index (χ0n) is 11.3. The van der Waals surface area contributed by atoms with E-state index in [9.17, 15) is 4.79 Å². The van der Waals surface area contributed by atoms with Crippen molar-refractivity contribution in [1.29, 1.82) is 0 Å². The van der Waals surface area contributed by atoms with Crippen molar-refractivity contribution in [3.8, 4) is 0 Å². The van der Waals surface area contributed by atoms with Crippen LogP contribution in [0, 0.1) is 0 Å². The number of para-hydroxylation sites is 1. The van der Waals surface area contributed by atoms with Crippen LogP contribution in [0.25, 0.3) is 0 Å². The van der Waals surface area contributed by atoms with Gasteiger partial charge in [0.05, 0.1) is 5.56 Å². The summed E-state index contributed by atoms with van der Waals surface area (Å²) in [4.78, 5) is 13.3. The third-order valence-electron chi connectivity index (χ3n) is 2.60. The Morgan fingerprint density at radius 1 is 1.05 bits per heavy atom. The lowest BCUT2D eigenvalue weighted by molar-refractivity contribution is 0.102. The second kappa shape index (κ2) is 8.02. The smallest absolute Gasteiger partial charge is 0.256 e. The van der Waals surface area contributed by atoms with Crippen LogP contribution in [-0.4, -0.2) is 11.7 Å². The summed E-state index contributed by atoms with van der Waals surface area (Å²) in [5, 5.41) is 2.93. The van der Waals surface area contributed by atoms with Crippen molar-refractivity contribution in [2.24, 2.45) is 0 Å². The quantitative estimate of drug-likeness (QED) is 0.595. The molecule has 2 aromatic rings. The molecule has 104 valence electrons. The van der Waals surface area contributed by atoms with Crippen molar-refractivity contribution < 1.29 is 4.79 Å². The molecule has 0 aliphatic rings. The van der Waals surface area contributed by atoms with Crippen LogP contribution < -0.4 is 5.32 Å². The van der Waals surface area contributed by atoms with Crippen molar-refractivity contribution in [2.75, 3.05) is 11.1 Å². The topological polar surface area (TPSA) is 29.1 Å². The normalized spacial score (nSPS) is 10.2. The van der Waals surface area contributed by atoms with Crippen LogP contribution in [0.5, 0.6) is 0 Å². The fraction of sp³-hybridized carbons (Fsp3) is 0.188. The molecule has 0 spiro atoms. The van der Waals surface area contributed by atoms with E-state index >= 15 is 0 Å². The lowest BCUT2D eigenvalue weighted by Crippen LogP contribution is -2.12. The second-order valence-electron chi connectivity index (χ2n) is 4.22. The van der Waals surface area contributed by atoms with Crippen LogP contribution in [0.1, 0.15) is 23.7 Å². The maximum atomic E-state index is 12.3. The van der Waals surface area contributed by atoms with Gasteiger partial charge in [-0.2, -0.15) is 0 Å². The number of anilines is 1. The Hall–Kier alpha value is -1.39. The summed E-state index contributed by atoms with van der Waals surface area (Å²) < 4.78 is 0. The van der Waals surface area contributed by atoms with E-state index in [1.54, 1.807) is 21.6 Å². The Morgan fingerprint density at radius 3 is 2.50 bits per heavy atom. The van der Waals surface area contributed by atoms with Crippen LogP contribution >= 0.6 is 21.6 Å². The number of amides is 1. The molecule has 0 aromatic heterocycles. The van der Waals surface area contributed by atoms with Gasteiger partial charge in [0.1, 0.15) is 0 Å². The van der Waals surface area contributed by atoms with Crippen molar-refractivity contribution in [2.45, 2.75) is 18.2 Å². The molecule has 1 N–H and O–H groups in total. The van der Waals surface area contributed by atoms with Crippen LogP contribution in [-0.2, 0) is 0 Å². The predicted octanol–water partition coefficient (Wildman–Crippen LogP) is 5.09. The zero-order chi connectivity index (χ0) is 14.2. The molecule has 0 bridgehead atoms. The van der Waals surface area contributed by atoms with Gasteiger partial charge in [-0.25, -0.2) is 0 Å². The Bertz CT molecular complexity index is 557. The van der Waals surface area contributed by atoms with E-state index < -0.39 is 0 Å². The molecule has 2 rings (SSSR count). The van der Waals surface area contributed by atoms with Gasteiger partial charge in [-0.3, -0.25) is 4.79 Å². The molecule has 20 heavy (non-hydrogen) atoms. The molecule has 0 radical (unpaired) electrons. The number of rotatable bonds is 6. The third kappa shape index (κ3) is 4.32. The lowest BCUT2D eigenvalue weighted by atomic mass is 10.2. The fourth-order valence-electron chi connectivity index (χ4n) is 1.64. The first-order valence-electron chi connectivity index (χ1n) is 6.56. The van der Waals surface area contributed by atoms with Gasteiger partial charge in [-0.05, 0) is 30.7 Å².